The predicted molar refractivity (Wildman–Crippen MR) is 125 cm³/mol. The van der Waals surface area contributed by atoms with Gasteiger partial charge in [0, 0.05) is 17.8 Å². The molecular weight excluding hydrogens is 417 g/mol. The number of anilines is 2. The summed E-state index contributed by atoms with van der Waals surface area (Å²) in [5, 5.41) is 19.4. The lowest BCUT2D eigenvalue weighted by Gasteiger charge is -2.32. The van der Waals surface area contributed by atoms with Gasteiger partial charge in [0.15, 0.2) is 0 Å². The molecule has 3 heterocycles. The number of hydrogen-bond donors (Lipinski definition) is 1. The van der Waals surface area contributed by atoms with Crippen LogP contribution in [0.4, 0.5) is 15.9 Å². The van der Waals surface area contributed by atoms with Crippen molar-refractivity contribution in [3.05, 3.63) is 59.7 Å². The minimum Gasteiger partial charge on any atom is -0.378 e. The van der Waals surface area contributed by atoms with Gasteiger partial charge in [0.05, 0.1) is 10.9 Å². The molecule has 2 aliphatic rings. The summed E-state index contributed by atoms with van der Waals surface area (Å²) in [4.78, 5) is 6.77. The number of benzene rings is 2. The van der Waals surface area contributed by atoms with E-state index in [-0.39, 0.29) is 5.82 Å². The highest BCUT2D eigenvalue weighted by Gasteiger charge is 2.28. The Morgan fingerprint density at radius 1 is 1.03 bits per heavy atom. The summed E-state index contributed by atoms with van der Waals surface area (Å²) in [5.41, 5.74) is 2.80. The van der Waals surface area contributed by atoms with Gasteiger partial charge in [-0.25, -0.2) is 4.39 Å². The molecule has 6 nitrogen and oxygen atoms in total. The molecular formula is C26H24FN5O. The first-order valence-corrected chi connectivity index (χ1v) is 11.6. The SMILES string of the molecule is OC1(C#Cc2cccc3c2CCCN3c2nc3nncn3c3cccc(F)c23)CCCCC1. The topological polar surface area (TPSA) is 66.5 Å². The van der Waals surface area contributed by atoms with E-state index in [0.717, 1.165) is 61.8 Å². The van der Waals surface area contributed by atoms with Crippen molar-refractivity contribution in [3.8, 4) is 11.8 Å². The number of rotatable bonds is 1. The second-order valence-corrected chi connectivity index (χ2v) is 8.97. The van der Waals surface area contributed by atoms with Gasteiger partial charge >= 0.3 is 0 Å². The van der Waals surface area contributed by atoms with Gasteiger partial charge in [-0.15, -0.1) is 10.2 Å². The van der Waals surface area contributed by atoms with Crippen molar-refractivity contribution < 1.29 is 9.50 Å². The van der Waals surface area contributed by atoms with E-state index in [0.29, 0.717) is 29.0 Å². The maximum absolute atomic E-state index is 15.1. The third-order valence-corrected chi connectivity index (χ3v) is 6.83. The van der Waals surface area contributed by atoms with Crippen LogP contribution >= 0.6 is 0 Å². The predicted octanol–water partition coefficient (Wildman–Crippen LogP) is 4.55. The average Bonchev–Trinajstić information content (AvgIpc) is 3.32. The molecule has 4 aromatic rings. The van der Waals surface area contributed by atoms with Crippen molar-refractivity contribution in [1.82, 2.24) is 19.6 Å². The quantitative estimate of drug-likeness (QED) is 0.439. The average molecular weight is 442 g/mol. The summed E-state index contributed by atoms with van der Waals surface area (Å²) in [6, 6.07) is 11.0. The lowest BCUT2D eigenvalue weighted by Crippen LogP contribution is -2.29. The Kier molecular flexibility index (Phi) is 4.77. The van der Waals surface area contributed by atoms with E-state index < -0.39 is 5.60 Å². The van der Waals surface area contributed by atoms with Crippen LogP contribution in [0.3, 0.4) is 0 Å². The summed E-state index contributed by atoms with van der Waals surface area (Å²) < 4.78 is 16.8. The molecule has 0 bridgehead atoms. The van der Waals surface area contributed by atoms with Gasteiger partial charge in [0.1, 0.15) is 23.6 Å². The Bertz CT molecular complexity index is 1430. The molecule has 0 unspecified atom stereocenters. The van der Waals surface area contributed by atoms with Gasteiger partial charge in [0.25, 0.3) is 5.78 Å². The van der Waals surface area contributed by atoms with Crippen molar-refractivity contribution in [2.75, 3.05) is 11.4 Å². The largest absolute Gasteiger partial charge is 0.378 e. The molecule has 6 rings (SSSR count). The second-order valence-electron chi connectivity index (χ2n) is 8.97. The molecule has 1 aliphatic heterocycles. The fourth-order valence-corrected chi connectivity index (χ4v) is 5.16. The summed E-state index contributed by atoms with van der Waals surface area (Å²) in [6.45, 7) is 0.717. The molecule has 0 saturated heterocycles. The summed E-state index contributed by atoms with van der Waals surface area (Å²) >= 11 is 0. The minimum atomic E-state index is -0.894. The Labute approximate surface area is 191 Å². The summed E-state index contributed by atoms with van der Waals surface area (Å²) in [7, 11) is 0. The van der Waals surface area contributed by atoms with Crippen LogP contribution < -0.4 is 4.90 Å². The van der Waals surface area contributed by atoms with Crippen molar-refractivity contribution in [2.45, 2.75) is 50.5 Å². The molecule has 1 fully saturated rings. The van der Waals surface area contributed by atoms with Gasteiger partial charge in [-0.1, -0.05) is 30.4 Å². The highest BCUT2D eigenvalue weighted by atomic mass is 19.1. The zero-order chi connectivity index (χ0) is 22.4. The molecule has 2 aromatic heterocycles. The van der Waals surface area contributed by atoms with Crippen LogP contribution in [0.15, 0.2) is 42.7 Å². The van der Waals surface area contributed by atoms with E-state index in [2.05, 4.69) is 26.9 Å². The zero-order valence-corrected chi connectivity index (χ0v) is 18.3. The van der Waals surface area contributed by atoms with E-state index in [1.165, 1.54) is 6.07 Å². The molecule has 0 spiro atoms. The third-order valence-electron chi connectivity index (χ3n) is 6.83. The third kappa shape index (κ3) is 3.42. The standard InChI is InChI=1S/C26H24FN5O/c27-20-9-5-11-22-23(20)24(29-25-30-28-17-32(22)25)31-16-6-8-19-18(7-4-10-21(19)31)12-15-26(33)13-2-1-3-14-26/h4-5,7,9-11,17,33H,1-3,6,8,13-14,16H2. The van der Waals surface area contributed by atoms with E-state index in [1.807, 2.05) is 24.3 Å². The van der Waals surface area contributed by atoms with Crippen molar-refractivity contribution in [3.63, 3.8) is 0 Å². The van der Waals surface area contributed by atoms with Crippen LogP contribution in [0.1, 0.15) is 49.7 Å². The maximum atomic E-state index is 15.1. The number of fused-ring (bicyclic) bond motifs is 4. The van der Waals surface area contributed by atoms with Gasteiger partial charge < -0.3 is 10.0 Å². The number of hydrogen-bond acceptors (Lipinski definition) is 5. The molecule has 1 saturated carbocycles. The van der Waals surface area contributed by atoms with Crippen LogP contribution in [0.2, 0.25) is 0 Å². The lowest BCUT2D eigenvalue weighted by atomic mass is 9.85. The smallest absolute Gasteiger partial charge is 0.257 e. The zero-order valence-electron chi connectivity index (χ0n) is 18.3. The first-order valence-electron chi connectivity index (χ1n) is 11.6. The Hall–Kier alpha value is -3.50. The minimum absolute atomic E-state index is 0.326. The first-order chi connectivity index (χ1) is 16.1. The Balaban J connectivity index is 1.49. The van der Waals surface area contributed by atoms with Crippen LogP contribution in [0, 0.1) is 17.7 Å². The van der Waals surface area contributed by atoms with E-state index in [4.69, 9.17) is 4.98 Å². The fraction of sp³-hybridized carbons (Fsp3) is 0.346. The van der Waals surface area contributed by atoms with Crippen molar-refractivity contribution in [1.29, 1.82) is 0 Å². The second kappa shape index (κ2) is 7.82. The van der Waals surface area contributed by atoms with E-state index >= 15 is 4.39 Å². The van der Waals surface area contributed by atoms with E-state index in [9.17, 15) is 5.11 Å². The van der Waals surface area contributed by atoms with Crippen LogP contribution in [0.25, 0.3) is 16.7 Å². The molecule has 0 amide bonds. The van der Waals surface area contributed by atoms with Gasteiger partial charge in [-0.05, 0) is 68.4 Å². The van der Waals surface area contributed by atoms with Gasteiger partial charge in [-0.3, -0.25) is 4.40 Å². The normalized spacial score (nSPS) is 17.6. The summed E-state index contributed by atoms with van der Waals surface area (Å²) in [5.74, 6) is 7.10. The van der Waals surface area contributed by atoms with Crippen LogP contribution in [-0.2, 0) is 6.42 Å². The molecule has 33 heavy (non-hydrogen) atoms. The molecule has 166 valence electrons. The number of halogens is 1. The highest BCUT2D eigenvalue weighted by Crippen LogP contribution is 2.38. The first kappa shape index (κ1) is 20.1. The van der Waals surface area contributed by atoms with Gasteiger partial charge in [0.2, 0.25) is 0 Å². The Morgan fingerprint density at radius 2 is 1.88 bits per heavy atom. The highest BCUT2D eigenvalue weighted by molar-refractivity contribution is 5.94. The molecule has 1 aliphatic carbocycles. The van der Waals surface area contributed by atoms with Gasteiger partial charge in [-0.2, -0.15) is 4.98 Å². The summed E-state index contributed by atoms with van der Waals surface area (Å²) in [6.07, 6.45) is 7.98. The number of nitrogens with zero attached hydrogens (tertiary/aromatic N) is 5. The Morgan fingerprint density at radius 3 is 2.76 bits per heavy atom. The van der Waals surface area contributed by atoms with Crippen LogP contribution in [0.5, 0.6) is 0 Å². The maximum Gasteiger partial charge on any atom is 0.257 e. The van der Waals surface area contributed by atoms with Crippen molar-refractivity contribution >= 4 is 28.2 Å². The molecule has 2 aromatic carbocycles. The van der Waals surface area contributed by atoms with E-state index in [1.54, 1.807) is 16.8 Å². The van der Waals surface area contributed by atoms with Crippen LogP contribution in [-0.4, -0.2) is 36.8 Å². The number of aromatic nitrogens is 4. The molecule has 7 heteroatoms. The molecule has 0 atom stereocenters. The molecule has 0 radical (unpaired) electrons. The molecule has 1 N–H and O–H groups in total. The monoisotopic (exact) mass is 441 g/mol. The number of aliphatic hydroxyl groups is 1. The lowest BCUT2D eigenvalue weighted by molar-refractivity contribution is 0.0610. The van der Waals surface area contributed by atoms with Crippen molar-refractivity contribution in [2.24, 2.45) is 0 Å². The fourth-order valence-electron chi connectivity index (χ4n) is 5.16.